The third kappa shape index (κ3) is 4.74. The third-order valence-electron chi connectivity index (χ3n) is 7.07. The maximum Gasteiger partial charge on any atom is 0.308 e. The minimum absolute atomic E-state index is 0.110. The molecule has 1 fully saturated rings. The molecule has 3 heterocycles. The number of fused-ring (bicyclic) bond motifs is 2. The summed E-state index contributed by atoms with van der Waals surface area (Å²) in [7, 11) is 0. The Labute approximate surface area is 250 Å². The molecule has 3 unspecified atom stereocenters. The molecule has 3 atom stereocenters. The topological polar surface area (TPSA) is 152 Å². The van der Waals surface area contributed by atoms with Crippen molar-refractivity contribution in [1.29, 1.82) is 0 Å². The average Bonchev–Trinajstić information content (AvgIpc) is 3.41. The number of aromatic hydroxyl groups is 1. The first kappa shape index (κ1) is 27.7. The largest absolute Gasteiger partial charge is 0.508 e. The number of nitrogens with zero attached hydrogens (tertiary/aromatic N) is 3. The van der Waals surface area contributed by atoms with E-state index in [1.165, 1.54) is 34.9 Å². The minimum Gasteiger partial charge on any atom is -0.508 e. The number of halogens is 1. The number of nitro benzene ring substituents is 1. The molecule has 42 heavy (non-hydrogen) atoms. The van der Waals surface area contributed by atoms with Gasteiger partial charge in [-0.2, -0.15) is 0 Å². The van der Waals surface area contributed by atoms with Crippen molar-refractivity contribution in [3.8, 4) is 5.75 Å². The Morgan fingerprint density at radius 2 is 1.69 bits per heavy atom. The van der Waals surface area contributed by atoms with Crippen LogP contribution in [-0.2, 0) is 20.9 Å². The normalized spacial score (nSPS) is 19.4. The first-order valence-electron chi connectivity index (χ1n) is 12.5. The summed E-state index contributed by atoms with van der Waals surface area (Å²) >= 11 is 7.79. The van der Waals surface area contributed by atoms with E-state index in [4.69, 9.17) is 11.6 Å². The van der Waals surface area contributed by atoms with Crippen LogP contribution in [0.15, 0.2) is 82.6 Å². The predicted octanol–water partition coefficient (Wildman–Crippen LogP) is 4.61. The molecule has 2 aliphatic rings. The Balaban J connectivity index is 1.40. The number of imide groups is 1. The fourth-order valence-corrected chi connectivity index (χ4v) is 8.09. The Morgan fingerprint density at radius 1 is 1.00 bits per heavy atom. The molecule has 1 saturated heterocycles. The van der Waals surface area contributed by atoms with Crippen LogP contribution < -0.4 is 15.1 Å². The van der Waals surface area contributed by atoms with E-state index in [1.807, 2.05) is 0 Å². The molecule has 1 aromatic heterocycles. The number of hydrogen-bond acceptors (Lipinski definition) is 9. The van der Waals surface area contributed by atoms with Crippen LogP contribution in [0.3, 0.4) is 0 Å². The first-order valence-corrected chi connectivity index (χ1v) is 14.6. The molecule has 0 aliphatic carbocycles. The van der Waals surface area contributed by atoms with Crippen molar-refractivity contribution in [3.05, 3.63) is 108 Å². The van der Waals surface area contributed by atoms with Gasteiger partial charge < -0.3 is 10.4 Å². The number of thiazole rings is 1. The molecular weight excluding hydrogens is 604 g/mol. The van der Waals surface area contributed by atoms with E-state index in [-0.39, 0.29) is 23.7 Å². The number of amides is 3. The summed E-state index contributed by atoms with van der Waals surface area (Å²) in [6, 6.07) is 17.9. The second-order valence-electron chi connectivity index (χ2n) is 9.56. The lowest BCUT2D eigenvalue weighted by Gasteiger charge is -2.31. The molecular formula is C28H19ClN4O7S2. The maximum absolute atomic E-state index is 13.9. The molecule has 3 aromatic carbocycles. The average molecular weight is 623 g/mol. The van der Waals surface area contributed by atoms with E-state index in [2.05, 4.69) is 5.32 Å². The predicted molar refractivity (Wildman–Crippen MR) is 157 cm³/mol. The second kappa shape index (κ2) is 10.7. The smallest absolute Gasteiger partial charge is 0.308 e. The lowest BCUT2D eigenvalue weighted by Crippen LogP contribution is -2.33. The summed E-state index contributed by atoms with van der Waals surface area (Å²) in [6.07, 6.45) is 0. The van der Waals surface area contributed by atoms with Crippen molar-refractivity contribution in [1.82, 2.24) is 4.57 Å². The number of phenols is 1. The molecule has 4 aromatic rings. The van der Waals surface area contributed by atoms with Crippen molar-refractivity contribution in [2.45, 2.75) is 22.7 Å². The molecule has 11 nitrogen and oxygen atoms in total. The Bertz CT molecular complexity index is 1820. The van der Waals surface area contributed by atoms with Gasteiger partial charge in [-0.1, -0.05) is 52.9 Å². The molecule has 0 saturated carbocycles. The maximum atomic E-state index is 13.9. The number of benzene rings is 3. The molecule has 3 amide bonds. The van der Waals surface area contributed by atoms with Gasteiger partial charge in [-0.25, -0.2) is 4.90 Å². The number of phenolic OH excluding ortho intramolecular Hbond substituents is 1. The van der Waals surface area contributed by atoms with Crippen LogP contribution in [0.4, 0.5) is 17.1 Å². The number of thioether (sulfide) groups is 1. The Morgan fingerprint density at radius 3 is 2.36 bits per heavy atom. The van der Waals surface area contributed by atoms with Crippen molar-refractivity contribution < 1.29 is 24.4 Å². The van der Waals surface area contributed by atoms with Crippen molar-refractivity contribution >= 4 is 69.5 Å². The van der Waals surface area contributed by atoms with Crippen LogP contribution in [-0.4, -0.2) is 37.6 Å². The Hall–Kier alpha value is -4.46. The van der Waals surface area contributed by atoms with E-state index in [0.717, 1.165) is 28.0 Å². The zero-order valence-electron chi connectivity index (χ0n) is 21.3. The first-order chi connectivity index (χ1) is 20.1. The second-order valence-corrected chi connectivity index (χ2v) is 12.1. The van der Waals surface area contributed by atoms with Crippen LogP contribution >= 0.6 is 34.7 Å². The fourth-order valence-electron chi connectivity index (χ4n) is 5.20. The van der Waals surface area contributed by atoms with Gasteiger partial charge in [0.15, 0.2) is 0 Å². The van der Waals surface area contributed by atoms with Crippen LogP contribution in [0.25, 0.3) is 0 Å². The molecule has 14 heteroatoms. The highest BCUT2D eigenvalue weighted by molar-refractivity contribution is 8.00. The minimum atomic E-state index is -0.982. The van der Waals surface area contributed by atoms with Gasteiger partial charge in [-0.15, -0.1) is 0 Å². The van der Waals surface area contributed by atoms with Gasteiger partial charge >= 0.3 is 4.87 Å². The summed E-state index contributed by atoms with van der Waals surface area (Å²) in [5, 5.41) is 24.5. The zero-order chi connectivity index (χ0) is 29.7. The number of para-hydroxylation sites is 1. The molecule has 0 spiro atoms. The van der Waals surface area contributed by atoms with Crippen molar-refractivity contribution in [3.63, 3.8) is 0 Å². The zero-order valence-corrected chi connectivity index (χ0v) is 23.7. The highest BCUT2D eigenvalue weighted by Gasteiger charge is 2.57. The van der Waals surface area contributed by atoms with E-state index < -0.39 is 44.6 Å². The number of non-ortho nitro benzene ring substituents is 1. The summed E-state index contributed by atoms with van der Waals surface area (Å²) in [6.45, 7) is -0.348. The van der Waals surface area contributed by atoms with E-state index >= 15 is 0 Å². The van der Waals surface area contributed by atoms with Gasteiger partial charge in [0.2, 0.25) is 17.7 Å². The number of hydrogen-bond donors (Lipinski definition) is 2. The van der Waals surface area contributed by atoms with Gasteiger partial charge in [-0.05, 0) is 42.5 Å². The molecule has 2 N–H and O–H groups in total. The van der Waals surface area contributed by atoms with Gasteiger partial charge in [0.1, 0.15) is 17.5 Å². The molecule has 0 bridgehead atoms. The number of anilines is 2. The van der Waals surface area contributed by atoms with Gasteiger partial charge in [0.25, 0.3) is 5.69 Å². The number of carbonyl (C=O) groups is 3. The van der Waals surface area contributed by atoms with E-state index in [9.17, 15) is 34.4 Å². The van der Waals surface area contributed by atoms with Crippen molar-refractivity contribution in [2.75, 3.05) is 10.2 Å². The van der Waals surface area contributed by atoms with Crippen LogP contribution in [0, 0.1) is 16.0 Å². The lowest BCUT2D eigenvalue weighted by atomic mass is 9.82. The number of nitro groups is 1. The summed E-state index contributed by atoms with van der Waals surface area (Å²) in [5.74, 6) is -3.55. The summed E-state index contributed by atoms with van der Waals surface area (Å²) < 4.78 is 1.27. The SMILES string of the molecule is O=C(Cn1c2c(sc1=O)C(c1ccccc1O)C1C(=O)N(c3ccc([N+](=O)[O-])cc3)C(=O)C1S2)Nc1ccc(Cl)cc1. The number of rotatable bonds is 6. The quantitative estimate of drug-likeness (QED) is 0.180. The third-order valence-corrected chi connectivity index (χ3v) is 9.93. The van der Waals surface area contributed by atoms with Crippen LogP contribution in [0.1, 0.15) is 16.4 Å². The molecule has 0 radical (unpaired) electrons. The van der Waals surface area contributed by atoms with Crippen molar-refractivity contribution in [2.24, 2.45) is 5.92 Å². The summed E-state index contributed by atoms with van der Waals surface area (Å²) in [4.78, 5) is 65.4. The summed E-state index contributed by atoms with van der Waals surface area (Å²) in [5.41, 5.74) is 0.820. The Kier molecular flexibility index (Phi) is 7.09. The lowest BCUT2D eigenvalue weighted by molar-refractivity contribution is -0.384. The molecule has 2 aliphatic heterocycles. The van der Waals surface area contributed by atoms with Gasteiger partial charge in [-0.3, -0.25) is 33.9 Å². The highest BCUT2D eigenvalue weighted by Crippen LogP contribution is 2.55. The van der Waals surface area contributed by atoms with E-state index in [1.54, 1.807) is 42.5 Å². The highest BCUT2D eigenvalue weighted by atomic mass is 35.5. The standard InChI is InChI=1S/C28H19ClN4O7S2/c29-14-5-7-15(8-6-14)30-20(35)13-31-27-24(42-28(31)38)21(18-3-1-2-4-19(18)34)22-23(41-27)26(37)32(25(22)36)16-9-11-17(12-10-16)33(39)40/h1-12,21-23,34H,13H2,(H,30,35). The van der Waals surface area contributed by atoms with Crippen LogP contribution in [0.5, 0.6) is 5.75 Å². The van der Waals surface area contributed by atoms with Crippen LogP contribution in [0.2, 0.25) is 5.02 Å². The fraction of sp³-hybridized carbons (Fsp3) is 0.143. The number of carbonyl (C=O) groups excluding carboxylic acids is 3. The monoisotopic (exact) mass is 622 g/mol. The molecule has 6 rings (SSSR count). The van der Waals surface area contributed by atoms with E-state index in [0.29, 0.717) is 26.2 Å². The number of nitrogens with one attached hydrogen (secondary N) is 1. The van der Waals surface area contributed by atoms with Gasteiger partial charge in [0, 0.05) is 39.2 Å². The van der Waals surface area contributed by atoms with Gasteiger partial charge in [0.05, 0.1) is 21.6 Å². The number of aromatic nitrogens is 1. The molecule has 212 valence electrons.